The van der Waals surface area contributed by atoms with E-state index in [9.17, 15) is 9.59 Å². The Balaban J connectivity index is 1.99. The SMILES string of the molecule is CC(C)(C)C(NC(=O)C1CC1c1ccccc1)C(=O)I. The quantitative estimate of drug-likeness (QED) is 0.639. The summed E-state index contributed by atoms with van der Waals surface area (Å²) in [6.45, 7) is 5.91. The van der Waals surface area contributed by atoms with Crippen LogP contribution < -0.4 is 5.32 Å². The maximum Gasteiger partial charge on any atom is 0.224 e. The van der Waals surface area contributed by atoms with Gasteiger partial charge < -0.3 is 5.32 Å². The third-order valence-electron chi connectivity index (χ3n) is 3.73. The Hall–Kier alpha value is -0.910. The second kappa shape index (κ2) is 5.84. The van der Waals surface area contributed by atoms with Crippen LogP contribution in [0.4, 0.5) is 0 Å². The monoisotopic (exact) mass is 385 g/mol. The zero-order chi connectivity index (χ0) is 14.9. The molecule has 0 radical (unpaired) electrons. The van der Waals surface area contributed by atoms with Crippen molar-refractivity contribution < 1.29 is 9.59 Å². The smallest absolute Gasteiger partial charge is 0.224 e. The number of hydrogen-bond acceptors (Lipinski definition) is 2. The van der Waals surface area contributed by atoms with Crippen LogP contribution in [0.1, 0.15) is 38.7 Å². The molecule has 0 bridgehead atoms. The molecule has 3 nitrogen and oxygen atoms in total. The van der Waals surface area contributed by atoms with Crippen molar-refractivity contribution in [2.45, 2.75) is 39.2 Å². The van der Waals surface area contributed by atoms with E-state index in [4.69, 9.17) is 0 Å². The first-order valence-corrected chi connectivity index (χ1v) is 7.93. The number of amides is 1. The molecule has 1 aromatic carbocycles. The van der Waals surface area contributed by atoms with E-state index >= 15 is 0 Å². The van der Waals surface area contributed by atoms with Crippen LogP contribution in [0.5, 0.6) is 0 Å². The molecule has 1 N–H and O–H groups in total. The van der Waals surface area contributed by atoms with Gasteiger partial charge in [0.15, 0.2) is 0 Å². The molecular formula is C16H20INO2. The highest BCUT2D eigenvalue weighted by atomic mass is 127. The van der Waals surface area contributed by atoms with Crippen molar-refractivity contribution in [1.29, 1.82) is 0 Å². The predicted octanol–water partition coefficient (Wildman–Crippen LogP) is 3.28. The third kappa shape index (κ3) is 3.59. The lowest BCUT2D eigenvalue weighted by molar-refractivity contribution is -0.127. The molecule has 0 aromatic heterocycles. The van der Waals surface area contributed by atoms with Crippen molar-refractivity contribution in [3.63, 3.8) is 0 Å². The fraction of sp³-hybridized carbons (Fsp3) is 0.500. The van der Waals surface area contributed by atoms with Crippen LogP contribution in [0.3, 0.4) is 0 Å². The highest BCUT2D eigenvalue weighted by Crippen LogP contribution is 2.47. The Kier molecular flexibility index (Phi) is 4.52. The molecule has 108 valence electrons. The molecule has 3 unspecified atom stereocenters. The maximum absolute atomic E-state index is 12.3. The first-order chi connectivity index (χ1) is 9.30. The molecule has 1 aliphatic rings. The lowest BCUT2D eigenvalue weighted by Crippen LogP contribution is -2.48. The van der Waals surface area contributed by atoms with Crippen molar-refractivity contribution in [3.05, 3.63) is 35.9 Å². The molecule has 1 saturated carbocycles. The van der Waals surface area contributed by atoms with E-state index in [-0.39, 0.29) is 21.0 Å². The van der Waals surface area contributed by atoms with Gasteiger partial charge in [-0.05, 0) is 23.3 Å². The molecule has 0 saturated heterocycles. The Morgan fingerprint density at radius 1 is 1.25 bits per heavy atom. The van der Waals surface area contributed by atoms with E-state index in [1.165, 1.54) is 5.56 Å². The summed E-state index contributed by atoms with van der Waals surface area (Å²) in [6.07, 6.45) is 0.877. The predicted molar refractivity (Wildman–Crippen MR) is 87.7 cm³/mol. The minimum absolute atomic E-state index is 0.00351. The molecular weight excluding hydrogens is 365 g/mol. The molecule has 1 amide bonds. The topological polar surface area (TPSA) is 46.2 Å². The van der Waals surface area contributed by atoms with Crippen LogP contribution in [0.25, 0.3) is 0 Å². The number of halogens is 1. The van der Waals surface area contributed by atoms with Gasteiger partial charge in [0.05, 0.1) is 0 Å². The molecule has 4 heteroatoms. The van der Waals surface area contributed by atoms with Gasteiger partial charge in [-0.3, -0.25) is 9.59 Å². The molecule has 1 fully saturated rings. The Labute approximate surface area is 133 Å². The Bertz CT molecular complexity index is 507. The van der Waals surface area contributed by atoms with E-state index in [0.29, 0.717) is 5.92 Å². The van der Waals surface area contributed by atoms with Gasteiger partial charge in [-0.1, -0.05) is 51.1 Å². The minimum Gasteiger partial charge on any atom is -0.345 e. The highest BCUT2D eigenvalue weighted by Gasteiger charge is 2.45. The maximum atomic E-state index is 12.3. The first kappa shape index (κ1) is 15.5. The van der Waals surface area contributed by atoms with Gasteiger partial charge in [0.2, 0.25) is 9.70 Å². The van der Waals surface area contributed by atoms with Crippen LogP contribution >= 0.6 is 22.6 Å². The average Bonchev–Trinajstić information content (AvgIpc) is 3.15. The van der Waals surface area contributed by atoms with E-state index in [0.717, 1.165) is 6.42 Å². The lowest BCUT2D eigenvalue weighted by atomic mass is 9.87. The molecule has 0 aliphatic heterocycles. The Morgan fingerprint density at radius 2 is 1.85 bits per heavy atom. The molecule has 0 spiro atoms. The fourth-order valence-corrected chi connectivity index (χ4v) is 3.51. The number of benzene rings is 1. The summed E-state index contributed by atoms with van der Waals surface area (Å²) in [7, 11) is 0. The van der Waals surface area contributed by atoms with Crippen LogP contribution in [-0.2, 0) is 9.59 Å². The lowest BCUT2D eigenvalue weighted by Gasteiger charge is -2.28. The molecule has 1 aliphatic carbocycles. The van der Waals surface area contributed by atoms with Crippen LogP contribution in [0, 0.1) is 11.3 Å². The largest absolute Gasteiger partial charge is 0.345 e. The van der Waals surface area contributed by atoms with Gasteiger partial charge in [0, 0.05) is 28.5 Å². The van der Waals surface area contributed by atoms with E-state index in [1.54, 1.807) is 22.6 Å². The molecule has 0 heterocycles. The fourth-order valence-electron chi connectivity index (χ4n) is 2.42. The molecule has 1 aromatic rings. The minimum atomic E-state index is -0.423. The summed E-state index contributed by atoms with van der Waals surface area (Å²) in [5.41, 5.74) is 0.950. The van der Waals surface area contributed by atoms with Crippen molar-refractivity contribution in [3.8, 4) is 0 Å². The standard InChI is InChI=1S/C16H20INO2/c1-16(2,3)13(14(17)19)18-15(20)12-9-11(12)10-7-5-4-6-8-10/h4-8,11-13H,9H2,1-3H3,(H,18,20). The number of nitrogens with one attached hydrogen (secondary N) is 1. The number of hydrogen-bond donors (Lipinski definition) is 1. The van der Waals surface area contributed by atoms with E-state index in [1.807, 2.05) is 39.0 Å². The summed E-state index contributed by atoms with van der Waals surface area (Å²) >= 11 is 1.77. The average molecular weight is 385 g/mol. The van der Waals surface area contributed by atoms with Crippen LogP contribution in [0.2, 0.25) is 0 Å². The van der Waals surface area contributed by atoms with Gasteiger partial charge >= 0.3 is 0 Å². The van der Waals surface area contributed by atoms with Crippen LogP contribution in [0.15, 0.2) is 30.3 Å². The number of rotatable bonds is 4. The van der Waals surface area contributed by atoms with Gasteiger partial charge in [0.1, 0.15) is 6.04 Å². The second-order valence-electron chi connectivity index (χ2n) is 6.47. The van der Waals surface area contributed by atoms with E-state index in [2.05, 4.69) is 17.4 Å². The number of carbonyl (C=O) groups is 2. The molecule has 20 heavy (non-hydrogen) atoms. The van der Waals surface area contributed by atoms with Crippen molar-refractivity contribution in [1.82, 2.24) is 5.32 Å². The zero-order valence-corrected chi connectivity index (χ0v) is 14.2. The first-order valence-electron chi connectivity index (χ1n) is 6.85. The van der Waals surface area contributed by atoms with Crippen molar-refractivity contribution >= 4 is 32.3 Å². The number of carbonyl (C=O) groups excluding carboxylic acids is 2. The highest BCUT2D eigenvalue weighted by molar-refractivity contribution is 14.1. The van der Waals surface area contributed by atoms with Gasteiger partial charge in [-0.2, -0.15) is 0 Å². The zero-order valence-electron chi connectivity index (χ0n) is 12.0. The van der Waals surface area contributed by atoms with Gasteiger partial charge in [-0.15, -0.1) is 0 Å². The summed E-state index contributed by atoms with van der Waals surface area (Å²) in [6, 6.07) is 9.66. The normalized spacial score (nSPS) is 23.0. The van der Waals surface area contributed by atoms with Gasteiger partial charge in [0.25, 0.3) is 0 Å². The molecule has 2 rings (SSSR count). The summed E-state index contributed by atoms with van der Waals surface area (Å²) < 4.78 is -0.0136. The van der Waals surface area contributed by atoms with Crippen LogP contribution in [-0.4, -0.2) is 15.7 Å². The van der Waals surface area contributed by atoms with Crippen molar-refractivity contribution in [2.24, 2.45) is 11.3 Å². The van der Waals surface area contributed by atoms with Crippen molar-refractivity contribution in [2.75, 3.05) is 0 Å². The molecule has 3 atom stereocenters. The van der Waals surface area contributed by atoms with Gasteiger partial charge in [-0.25, -0.2) is 0 Å². The Morgan fingerprint density at radius 3 is 2.35 bits per heavy atom. The summed E-state index contributed by atoms with van der Waals surface area (Å²) in [5.74, 6) is 0.322. The third-order valence-corrected chi connectivity index (χ3v) is 4.36. The second-order valence-corrected chi connectivity index (χ2v) is 7.53. The summed E-state index contributed by atoms with van der Waals surface area (Å²) in [4.78, 5) is 24.0. The summed E-state index contributed by atoms with van der Waals surface area (Å²) in [5, 5.41) is 2.92. The van der Waals surface area contributed by atoms with E-state index < -0.39 is 6.04 Å².